The van der Waals surface area contributed by atoms with E-state index in [9.17, 15) is 14.9 Å². The Labute approximate surface area is 161 Å². The second-order valence-electron chi connectivity index (χ2n) is 6.88. The van der Waals surface area contributed by atoms with Crippen molar-refractivity contribution in [2.75, 3.05) is 43.4 Å². The number of hydrogen-bond acceptors (Lipinski definition) is 6. The molecule has 1 amide bonds. The number of likely N-dealkylation sites (N-methyl/N-ethyl adjacent to an activating group) is 1. The molecule has 0 spiro atoms. The summed E-state index contributed by atoms with van der Waals surface area (Å²) in [5.41, 5.74) is 2.37. The van der Waals surface area contributed by atoms with Gasteiger partial charge in [0.1, 0.15) is 0 Å². The topological polar surface area (TPSA) is 107 Å². The SMILES string of the molecule is CN1CCN(c2ccc([N+](=O)[O-])cc2NC(=O)c2ccc3cn[nH]c3c2)CC1. The number of carbonyl (C=O) groups is 1. The van der Waals surface area contributed by atoms with Crippen LogP contribution in [0, 0.1) is 10.1 Å². The number of aromatic amines is 1. The van der Waals surface area contributed by atoms with Crippen LogP contribution in [0.5, 0.6) is 0 Å². The number of amides is 1. The highest BCUT2D eigenvalue weighted by atomic mass is 16.6. The molecular weight excluding hydrogens is 360 g/mol. The van der Waals surface area contributed by atoms with E-state index in [0.29, 0.717) is 11.3 Å². The number of anilines is 2. The fourth-order valence-electron chi connectivity index (χ4n) is 3.33. The van der Waals surface area contributed by atoms with Crippen molar-refractivity contribution in [2.45, 2.75) is 0 Å². The third-order valence-corrected chi connectivity index (χ3v) is 4.99. The van der Waals surface area contributed by atoms with Gasteiger partial charge < -0.3 is 15.1 Å². The van der Waals surface area contributed by atoms with Crippen molar-refractivity contribution in [3.05, 3.63) is 58.3 Å². The standard InChI is InChI=1S/C19H20N6O3/c1-23-6-8-24(9-7-23)18-5-4-15(25(27)28)11-17(18)21-19(26)13-2-3-14-12-20-22-16(14)10-13/h2-5,10-12H,6-9H2,1H3,(H,20,22)(H,21,26). The normalized spacial score (nSPS) is 15.0. The molecule has 1 aromatic heterocycles. The summed E-state index contributed by atoms with van der Waals surface area (Å²) in [5.74, 6) is -0.327. The molecule has 2 heterocycles. The lowest BCUT2D eigenvalue weighted by Gasteiger charge is -2.35. The van der Waals surface area contributed by atoms with Crippen LogP contribution in [-0.4, -0.2) is 59.2 Å². The van der Waals surface area contributed by atoms with Crippen molar-refractivity contribution in [3.63, 3.8) is 0 Å². The van der Waals surface area contributed by atoms with E-state index in [4.69, 9.17) is 0 Å². The average molecular weight is 380 g/mol. The van der Waals surface area contributed by atoms with Gasteiger partial charge in [0.15, 0.2) is 0 Å². The highest BCUT2D eigenvalue weighted by molar-refractivity contribution is 6.07. The number of H-pyrrole nitrogens is 1. The molecule has 144 valence electrons. The van der Waals surface area contributed by atoms with Crippen LogP contribution < -0.4 is 10.2 Å². The van der Waals surface area contributed by atoms with Crippen molar-refractivity contribution in [2.24, 2.45) is 0 Å². The monoisotopic (exact) mass is 380 g/mol. The first kappa shape index (κ1) is 17.9. The van der Waals surface area contributed by atoms with Gasteiger partial charge in [-0.15, -0.1) is 0 Å². The Morgan fingerprint density at radius 3 is 2.71 bits per heavy atom. The summed E-state index contributed by atoms with van der Waals surface area (Å²) in [5, 5.41) is 21.8. The van der Waals surface area contributed by atoms with Gasteiger partial charge in [0.2, 0.25) is 0 Å². The third-order valence-electron chi connectivity index (χ3n) is 4.99. The maximum absolute atomic E-state index is 12.8. The first-order chi connectivity index (χ1) is 13.5. The van der Waals surface area contributed by atoms with Gasteiger partial charge in [0.25, 0.3) is 11.6 Å². The van der Waals surface area contributed by atoms with Crippen LogP contribution in [0.1, 0.15) is 10.4 Å². The Morgan fingerprint density at radius 1 is 1.18 bits per heavy atom. The molecule has 9 heteroatoms. The van der Waals surface area contributed by atoms with Gasteiger partial charge in [-0.1, -0.05) is 6.07 Å². The fourth-order valence-corrected chi connectivity index (χ4v) is 3.33. The molecule has 1 fully saturated rings. The zero-order chi connectivity index (χ0) is 19.7. The Bertz CT molecular complexity index is 1040. The largest absolute Gasteiger partial charge is 0.367 e. The van der Waals surface area contributed by atoms with Crippen LogP contribution in [0.25, 0.3) is 10.9 Å². The molecule has 1 saturated heterocycles. The summed E-state index contributed by atoms with van der Waals surface area (Å²) < 4.78 is 0. The number of rotatable bonds is 4. The number of hydrogen-bond donors (Lipinski definition) is 2. The number of piperazine rings is 1. The lowest BCUT2D eigenvalue weighted by atomic mass is 10.1. The van der Waals surface area contributed by atoms with E-state index in [0.717, 1.165) is 42.8 Å². The zero-order valence-corrected chi connectivity index (χ0v) is 15.4. The minimum Gasteiger partial charge on any atom is -0.367 e. The number of nitro groups is 1. The van der Waals surface area contributed by atoms with E-state index in [-0.39, 0.29) is 11.6 Å². The summed E-state index contributed by atoms with van der Waals surface area (Å²) in [6.45, 7) is 3.36. The van der Waals surface area contributed by atoms with Crippen LogP contribution in [0.15, 0.2) is 42.6 Å². The predicted octanol–water partition coefficient (Wildman–Crippen LogP) is 2.48. The van der Waals surface area contributed by atoms with Crippen LogP contribution >= 0.6 is 0 Å². The number of nitro benzene ring substituents is 1. The number of carbonyl (C=O) groups excluding carboxylic acids is 1. The summed E-state index contributed by atoms with van der Waals surface area (Å²) in [4.78, 5) is 27.9. The molecule has 1 aliphatic heterocycles. The van der Waals surface area contributed by atoms with Gasteiger partial charge in [0.05, 0.1) is 28.0 Å². The van der Waals surface area contributed by atoms with E-state index in [1.165, 1.54) is 12.1 Å². The smallest absolute Gasteiger partial charge is 0.271 e. The van der Waals surface area contributed by atoms with Crippen LogP contribution in [0.4, 0.5) is 17.1 Å². The zero-order valence-electron chi connectivity index (χ0n) is 15.4. The Kier molecular flexibility index (Phi) is 4.66. The van der Waals surface area contributed by atoms with Gasteiger partial charge in [-0.05, 0) is 25.2 Å². The molecule has 28 heavy (non-hydrogen) atoms. The van der Waals surface area contributed by atoms with Crippen LogP contribution in [0.2, 0.25) is 0 Å². The number of fused-ring (bicyclic) bond motifs is 1. The Hall–Kier alpha value is -3.46. The second-order valence-corrected chi connectivity index (χ2v) is 6.88. The maximum Gasteiger partial charge on any atom is 0.271 e. The molecule has 2 N–H and O–H groups in total. The van der Waals surface area contributed by atoms with E-state index in [1.807, 2.05) is 6.07 Å². The van der Waals surface area contributed by atoms with E-state index in [2.05, 4.69) is 32.4 Å². The molecule has 4 rings (SSSR count). The summed E-state index contributed by atoms with van der Waals surface area (Å²) in [7, 11) is 2.06. The van der Waals surface area contributed by atoms with Gasteiger partial charge >= 0.3 is 0 Å². The highest BCUT2D eigenvalue weighted by Crippen LogP contribution is 2.31. The number of aromatic nitrogens is 2. The molecule has 1 aliphatic rings. The molecule has 0 atom stereocenters. The number of benzene rings is 2. The molecular formula is C19H20N6O3. The van der Waals surface area contributed by atoms with Crippen LogP contribution in [-0.2, 0) is 0 Å². The van der Waals surface area contributed by atoms with Gasteiger partial charge in [-0.2, -0.15) is 5.10 Å². The van der Waals surface area contributed by atoms with Crippen LogP contribution in [0.3, 0.4) is 0 Å². The minimum absolute atomic E-state index is 0.0582. The summed E-state index contributed by atoms with van der Waals surface area (Å²) in [6, 6.07) is 9.82. The lowest BCUT2D eigenvalue weighted by Crippen LogP contribution is -2.44. The number of nitrogens with one attached hydrogen (secondary N) is 2. The molecule has 0 saturated carbocycles. The molecule has 2 aromatic carbocycles. The lowest BCUT2D eigenvalue weighted by molar-refractivity contribution is -0.384. The maximum atomic E-state index is 12.8. The number of nitrogens with zero attached hydrogens (tertiary/aromatic N) is 4. The van der Waals surface area contributed by atoms with Crippen molar-refractivity contribution in [1.82, 2.24) is 15.1 Å². The van der Waals surface area contributed by atoms with Gasteiger partial charge in [-0.25, -0.2) is 0 Å². The van der Waals surface area contributed by atoms with Crippen molar-refractivity contribution >= 4 is 33.9 Å². The quantitative estimate of drug-likeness (QED) is 0.532. The van der Waals surface area contributed by atoms with E-state index < -0.39 is 4.92 Å². The summed E-state index contributed by atoms with van der Waals surface area (Å²) >= 11 is 0. The Morgan fingerprint density at radius 2 is 1.96 bits per heavy atom. The molecule has 0 unspecified atom stereocenters. The first-order valence-corrected chi connectivity index (χ1v) is 8.98. The van der Waals surface area contributed by atoms with Gasteiger partial charge in [0, 0.05) is 49.3 Å². The van der Waals surface area contributed by atoms with Crippen molar-refractivity contribution in [1.29, 1.82) is 0 Å². The molecule has 0 aliphatic carbocycles. The van der Waals surface area contributed by atoms with E-state index >= 15 is 0 Å². The molecule has 9 nitrogen and oxygen atoms in total. The average Bonchev–Trinajstić information content (AvgIpc) is 3.16. The Balaban J connectivity index is 1.64. The van der Waals surface area contributed by atoms with E-state index in [1.54, 1.807) is 24.4 Å². The number of non-ortho nitro benzene ring substituents is 1. The fraction of sp³-hybridized carbons (Fsp3) is 0.263. The molecule has 0 radical (unpaired) electrons. The van der Waals surface area contributed by atoms with Gasteiger partial charge in [-0.3, -0.25) is 20.0 Å². The first-order valence-electron chi connectivity index (χ1n) is 8.98. The predicted molar refractivity (Wildman–Crippen MR) is 107 cm³/mol. The summed E-state index contributed by atoms with van der Waals surface area (Å²) in [6.07, 6.45) is 1.68. The molecule has 0 bridgehead atoms. The van der Waals surface area contributed by atoms with Crippen molar-refractivity contribution in [3.8, 4) is 0 Å². The molecule has 3 aromatic rings. The second kappa shape index (κ2) is 7.28. The third kappa shape index (κ3) is 3.52. The van der Waals surface area contributed by atoms with Crippen molar-refractivity contribution < 1.29 is 9.72 Å². The highest BCUT2D eigenvalue weighted by Gasteiger charge is 2.21. The minimum atomic E-state index is -0.458.